The van der Waals surface area contributed by atoms with Gasteiger partial charge in [0.05, 0.1) is 6.10 Å². The normalized spacial score (nSPS) is 20.1. The van der Waals surface area contributed by atoms with Gasteiger partial charge in [-0.05, 0) is 42.9 Å². The summed E-state index contributed by atoms with van der Waals surface area (Å²) in [6, 6.07) is 4.32. The summed E-state index contributed by atoms with van der Waals surface area (Å²) in [4.78, 5) is 3.98. The molecular weight excluding hydrogens is 236 g/mol. The Hall–Kier alpha value is -0.930. The summed E-state index contributed by atoms with van der Waals surface area (Å²) in [6.45, 7) is 2.88. The van der Waals surface area contributed by atoms with Gasteiger partial charge in [-0.2, -0.15) is 0 Å². The van der Waals surface area contributed by atoms with Gasteiger partial charge in [0.1, 0.15) is 0 Å². The number of nitrogens with zero attached hydrogens (tertiary/aromatic N) is 1. The number of hydrogen-bond donors (Lipinski definition) is 2. The standard InChI is InChI=1S/C16H26N2O/c1-2-15(13-6-4-3-5-7-13)18-12-16(19)14-8-10-17-11-9-14/h8-11,13,15-16,18-19H,2-7,12H2,1H3. The second kappa shape index (κ2) is 7.61. The maximum atomic E-state index is 10.2. The van der Waals surface area contributed by atoms with Gasteiger partial charge in [-0.25, -0.2) is 0 Å². The van der Waals surface area contributed by atoms with Crippen LogP contribution >= 0.6 is 0 Å². The van der Waals surface area contributed by atoms with E-state index in [1.807, 2.05) is 12.1 Å². The molecule has 2 unspecified atom stereocenters. The SMILES string of the molecule is CCC(NCC(O)c1ccncc1)C1CCCCC1. The predicted octanol–water partition coefficient (Wildman–Crippen LogP) is 3.06. The minimum Gasteiger partial charge on any atom is -0.387 e. The maximum absolute atomic E-state index is 10.2. The van der Waals surface area contributed by atoms with Crippen molar-refractivity contribution in [3.8, 4) is 0 Å². The second-order valence-electron chi connectivity index (χ2n) is 5.62. The summed E-state index contributed by atoms with van der Waals surface area (Å²) in [6.07, 6.45) is 11.0. The minimum atomic E-state index is -0.430. The summed E-state index contributed by atoms with van der Waals surface area (Å²) in [7, 11) is 0. The van der Waals surface area contributed by atoms with Crippen LogP contribution in [-0.2, 0) is 0 Å². The number of pyridine rings is 1. The van der Waals surface area contributed by atoms with Crippen molar-refractivity contribution in [2.45, 2.75) is 57.6 Å². The minimum absolute atomic E-state index is 0.430. The zero-order chi connectivity index (χ0) is 13.5. The Labute approximate surface area is 116 Å². The lowest BCUT2D eigenvalue weighted by molar-refractivity contribution is 0.157. The lowest BCUT2D eigenvalue weighted by Gasteiger charge is -2.31. The van der Waals surface area contributed by atoms with Gasteiger partial charge in [0.2, 0.25) is 0 Å². The fraction of sp³-hybridized carbons (Fsp3) is 0.688. The summed E-state index contributed by atoms with van der Waals surface area (Å²) in [5, 5.41) is 13.7. The molecule has 0 amide bonds. The molecule has 0 aliphatic heterocycles. The largest absolute Gasteiger partial charge is 0.387 e. The molecule has 1 aromatic rings. The molecule has 1 aromatic heterocycles. The third-order valence-corrected chi connectivity index (χ3v) is 4.32. The van der Waals surface area contributed by atoms with Crippen LogP contribution in [0.2, 0.25) is 0 Å². The van der Waals surface area contributed by atoms with Gasteiger partial charge >= 0.3 is 0 Å². The number of aliphatic hydroxyl groups is 1. The van der Waals surface area contributed by atoms with E-state index in [4.69, 9.17) is 0 Å². The molecule has 1 aliphatic rings. The molecule has 1 fully saturated rings. The van der Waals surface area contributed by atoms with Crippen LogP contribution in [0.3, 0.4) is 0 Å². The predicted molar refractivity (Wildman–Crippen MR) is 77.9 cm³/mol. The van der Waals surface area contributed by atoms with Gasteiger partial charge in [0.25, 0.3) is 0 Å². The molecule has 106 valence electrons. The van der Waals surface area contributed by atoms with Crippen molar-refractivity contribution in [2.75, 3.05) is 6.54 Å². The zero-order valence-electron chi connectivity index (χ0n) is 11.9. The highest BCUT2D eigenvalue weighted by atomic mass is 16.3. The number of aliphatic hydroxyl groups excluding tert-OH is 1. The summed E-state index contributed by atoms with van der Waals surface area (Å²) < 4.78 is 0. The summed E-state index contributed by atoms with van der Waals surface area (Å²) in [5.41, 5.74) is 0.945. The molecule has 1 heterocycles. The van der Waals surface area contributed by atoms with Crippen LogP contribution in [0.4, 0.5) is 0 Å². The summed E-state index contributed by atoms with van der Waals surface area (Å²) >= 11 is 0. The molecule has 0 radical (unpaired) electrons. The Balaban J connectivity index is 1.82. The Bertz CT molecular complexity index is 349. The van der Waals surface area contributed by atoms with Gasteiger partial charge in [-0.3, -0.25) is 4.98 Å². The van der Waals surface area contributed by atoms with Gasteiger partial charge in [0.15, 0.2) is 0 Å². The van der Waals surface area contributed by atoms with Gasteiger partial charge in [-0.1, -0.05) is 26.2 Å². The average Bonchev–Trinajstić information content (AvgIpc) is 2.49. The van der Waals surface area contributed by atoms with E-state index in [0.29, 0.717) is 12.6 Å². The first-order valence-electron chi connectivity index (χ1n) is 7.62. The average molecular weight is 262 g/mol. The van der Waals surface area contributed by atoms with E-state index in [1.165, 1.54) is 32.1 Å². The molecule has 3 nitrogen and oxygen atoms in total. The number of hydrogen-bond acceptors (Lipinski definition) is 3. The van der Waals surface area contributed by atoms with E-state index in [1.54, 1.807) is 12.4 Å². The highest BCUT2D eigenvalue weighted by Crippen LogP contribution is 2.27. The lowest BCUT2D eigenvalue weighted by Crippen LogP contribution is -2.39. The van der Waals surface area contributed by atoms with Crippen LogP contribution in [0.25, 0.3) is 0 Å². The van der Waals surface area contributed by atoms with Crippen molar-refractivity contribution >= 4 is 0 Å². The fourth-order valence-corrected chi connectivity index (χ4v) is 3.15. The first-order valence-corrected chi connectivity index (χ1v) is 7.62. The number of nitrogens with one attached hydrogen (secondary N) is 1. The molecule has 0 bridgehead atoms. The van der Waals surface area contributed by atoms with E-state index in [-0.39, 0.29) is 0 Å². The van der Waals surface area contributed by atoms with Crippen molar-refractivity contribution in [1.29, 1.82) is 0 Å². The Morgan fingerprint density at radius 3 is 2.58 bits per heavy atom. The van der Waals surface area contributed by atoms with Gasteiger partial charge in [0, 0.05) is 25.0 Å². The molecule has 19 heavy (non-hydrogen) atoms. The van der Waals surface area contributed by atoms with E-state index >= 15 is 0 Å². The lowest BCUT2D eigenvalue weighted by atomic mass is 9.83. The quantitative estimate of drug-likeness (QED) is 0.828. The molecule has 0 saturated heterocycles. The van der Waals surface area contributed by atoms with E-state index < -0.39 is 6.10 Å². The third-order valence-electron chi connectivity index (χ3n) is 4.32. The molecule has 1 aliphatic carbocycles. The van der Waals surface area contributed by atoms with E-state index in [9.17, 15) is 5.11 Å². The Morgan fingerprint density at radius 1 is 1.26 bits per heavy atom. The van der Waals surface area contributed by atoms with E-state index in [0.717, 1.165) is 17.9 Å². The van der Waals surface area contributed by atoms with Crippen molar-refractivity contribution < 1.29 is 5.11 Å². The second-order valence-corrected chi connectivity index (χ2v) is 5.62. The smallest absolute Gasteiger partial charge is 0.0915 e. The zero-order valence-corrected chi connectivity index (χ0v) is 11.9. The van der Waals surface area contributed by atoms with Gasteiger partial charge < -0.3 is 10.4 Å². The molecule has 2 N–H and O–H groups in total. The third kappa shape index (κ3) is 4.29. The Morgan fingerprint density at radius 2 is 1.95 bits per heavy atom. The van der Waals surface area contributed by atoms with Gasteiger partial charge in [-0.15, -0.1) is 0 Å². The fourth-order valence-electron chi connectivity index (χ4n) is 3.15. The Kier molecular flexibility index (Phi) is 5.80. The van der Waals surface area contributed by atoms with Crippen LogP contribution in [0.1, 0.15) is 57.1 Å². The van der Waals surface area contributed by atoms with Crippen molar-refractivity contribution in [1.82, 2.24) is 10.3 Å². The molecule has 0 aromatic carbocycles. The van der Waals surface area contributed by atoms with Crippen LogP contribution in [0.15, 0.2) is 24.5 Å². The summed E-state index contributed by atoms with van der Waals surface area (Å²) in [5.74, 6) is 0.795. The number of aromatic nitrogens is 1. The molecule has 0 spiro atoms. The van der Waals surface area contributed by atoms with Crippen molar-refractivity contribution in [3.05, 3.63) is 30.1 Å². The van der Waals surface area contributed by atoms with Crippen molar-refractivity contribution in [3.63, 3.8) is 0 Å². The monoisotopic (exact) mass is 262 g/mol. The molecule has 3 heteroatoms. The molecule has 1 saturated carbocycles. The molecule has 2 atom stereocenters. The first-order chi connectivity index (χ1) is 9.31. The molecular formula is C16H26N2O. The van der Waals surface area contributed by atoms with Crippen LogP contribution in [0, 0.1) is 5.92 Å². The van der Waals surface area contributed by atoms with E-state index in [2.05, 4.69) is 17.2 Å². The van der Waals surface area contributed by atoms with Crippen LogP contribution in [0.5, 0.6) is 0 Å². The van der Waals surface area contributed by atoms with Crippen molar-refractivity contribution in [2.24, 2.45) is 5.92 Å². The van der Waals surface area contributed by atoms with Crippen LogP contribution < -0.4 is 5.32 Å². The first kappa shape index (κ1) is 14.5. The highest BCUT2D eigenvalue weighted by Gasteiger charge is 2.22. The van der Waals surface area contributed by atoms with Crippen LogP contribution in [-0.4, -0.2) is 22.7 Å². The topological polar surface area (TPSA) is 45.1 Å². The maximum Gasteiger partial charge on any atom is 0.0915 e. The highest BCUT2D eigenvalue weighted by molar-refractivity contribution is 5.13. The molecule has 2 rings (SSSR count). The number of rotatable bonds is 6.